The number of rotatable bonds is 4. The molecule has 4 aromatic rings. The van der Waals surface area contributed by atoms with Gasteiger partial charge in [-0.3, -0.25) is 9.78 Å². The monoisotopic (exact) mass is 421 g/mol. The summed E-state index contributed by atoms with van der Waals surface area (Å²) in [7, 11) is 0. The van der Waals surface area contributed by atoms with Crippen LogP contribution in [0.3, 0.4) is 0 Å². The maximum Gasteiger partial charge on any atom is 0.276 e. The van der Waals surface area contributed by atoms with Crippen molar-refractivity contribution in [3.63, 3.8) is 0 Å². The minimum Gasteiger partial charge on any atom is -0.356 e. The zero-order chi connectivity index (χ0) is 20.2. The first kappa shape index (κ1) is 17.5. The first-order chi connectivity index (χ1) is 14.7. The van der Waals surface area contributed by atoms with Crippen LogP contribution in [0.5, 0.6) is 0 Å². The Kier molecular flexibility index (Phi) is 3.85. The average molecular weight is 422 g/mol. The van der Waals surface area contributed by atoms with Gasteiger partial charge < -0.3 is 9.42 Å². The van der Waals surface area contributed by atoms with Crippen molar-refractivity contribution < 1.29 is 4.52 Å². The zero-order valence-corrected chi connectivity index (χ0v) is 16.5. The molecule has 1 saturated carbocycles. The molecule has 3 atom stereocenters. The van der Waals surface area contributed by atoms with Gasteiger partial charge in [-0.2, -0.15) is 10.1 Å². The van der Waals surface area contributed by atoms with Gasteiger partial charge in [0.05, 0.1) is 17.1 Å². The summed E-state index contributed by atoms with van der Waals surface area (Å²) in [4.78, 5) is 27.9. The van der Waals surface area contributed by atoms with Crippen molar-refractivity contribution in [3.8, 4) is 0 Å². The van der Waals surface area contributed by atoms with E-state index in [2.05, 4.69) is 30.1 Å². The predicted octanol–water partition coefficient (Wildman–Crippen LogP) is 2.12. The van der Waals surface area contributed by atoms with Crippen molar-refractivity contribution in [3.05, 3.63) is 69.9 Å². The fourth-order valence-corrected chi connectivity index (χ4v) is 4.54. The third kappa shape index (κ3) is 2.85. The number of halogens is 1. The summed E-state index contributed by atoms with van der Waals surface area (Å²) < 4.78 is 6.73. The number of aromatic nitrogens is 6. The summed E-state index contributed by atoms with van der Waals surface area (Å²) in [6.07, 6.45) is 4.93. The van der Waals surface area contributed by atoms with Crippen molar-refractivity contribution in [2.24, 2.45) is 11.8 Å². The van der Waals surface area contributed by atoms with E-state index < -0.39 is 0 Å². The van der Waals surface area contributed by atoms with Crippen molar-refractivity contribution in [1.82, 2.24) is 29.9 Å². The second kappa shape index (κ2) is 6.60. The summed E-state index contributed by atoms with van der Waals surface area (Å²) in [5.41, 5.74) is 0.336. The molecule has 2 aliphatic rings. The Labute approximate surface area is 175 Å². The van der Waals surface area contributed by atoms with E-state index in [1.54, 1.807) is 36.8 Å². The molecule has 0 N–H and O–H groups in total. The van der Waals surface area contributed by atoms with Crippen molar-refractivity contribution >= 4 is 28.3 Å². The Balaban J connectivity index is 1.16. The van der Waals surface area contributed by atoms with Crippen LogP contribution in [0.4, 0.5) is 5.82 Å². The van der Waals surface area contributed by atoms with Gasteiger partial charge in [0, 0.05) is 36.4 Å². The highest BCUT2D eigenvalue weighted by Crippen LogP contribution is 2.57. The van der Waals surface area contributed by atoms with Crippen LogP contribution in [0.1, 0.15) is 17.6 Å². The molecule has 2 fully saturated rings. The molecule has 0 unspecified atom stereocenters. The normalized spacial score (nSPS) is 22.4. The molecule has 1 aliphatic carbocycles. The maximum atomic E-state index is 12.6. The van der Waals surface area contributed by atoms with Gasteiger partial charge in [-0.05, 0) is 36.1 Å². The second-order valence-electron chi connectivity index (χ2n) is 7.68. The lowest BCUT2D eigenvalue weighted by Crippen LogP contribution is -2.24. The SMILES string of the molecule is O=c1c2cccnc2cnn1Cc1nc([C@@H]2[C@@H]3CN(c4cc(Cl)ccn4)C[C@@H]32)no1. The molecular formula is C20H16ClN7O2. The van der Waals surface area contributed by atoms with Crippen LogP contribution in [0.15, 0.2) is 52.2 Å². The standard InChI is InChI=1S/C20H16ClN7O2/c21-11-3-5-23-16(6-11)27-8-13-14(9-27)18(13)19-25-17(30-26-19)10-28-20(29)12-2-1-4-22-15(12)7-24-28/h1-7,13-14,18H,8-10H2/t13-,14+,18-. The third-order valence-corrected chi connectivity index (χ3v) is 6.15. The highest BCUT2D eigenvalue weighted by molar-refractivity contribution is 6.30. The van der Waals surface area contributed by atoms with Gasteiger partial charge in [0.1, 0.15) is 12.4 Å². The molecule has 1 saturated heterocycles. The van der Waals surface area contributed by atoms with Crippen LogP contribution in [0.25, 0.3) is 10.9 Å². The molecule has 4 aromatic heterocycles. The van der Waals surface area contributed by atoms with Crippen LogP contribution in [0, 0.1) is 11.8 Å². The Morgan fingerprint density at radius 1 is 1.17 bits per heavy atom. The van der Waals surface area contributed by atoms with Crippen LogP contribution in [-0.2, 0) is 6.54 Å². The van der Waals surface area contributed by atoms with E-state index in [0.717, 1.165) is 18.9 Å². The fraction of sp³-hybridized carbons (Fsp3) is 0.300. The third-order valence-electron chi connectivity index (χ3n) is 5.92. The van der Waals surface area contributed by atoms with Gasteiger partial charge in [-0.15, -0.1) is 0 Å². The number of anilines is 1. The summed E-state index contributed by atoms with van der Waals surface area (Å²) in [6.45, 7) is 1.92. The molecule has 1 aliphatic heterocycles. The molecule has 10 heteroatoms. The minimum absolute atomic E-state index is 0.136. The zero-order valence-electron chi connectivity index (χ0n) is 15.7. The van der Waals surface area contributed by atoms with Crippen molar-refractivity contribution in [2.45, 2.75) is 12.5 Å². The van der Waals surface area contributed by atoms with E-state index >= 15 is 0 Å². The van der Waals surface area contributed by atoms with Crippen LogP contribution < -0.4 is 10.5 Å². The minimum atomic E-state index is -0.228. The Morgan fingerprint density at radius 2 is 2.03 bits per heavy atom. The topological polar surface area (TPSA) is 103 Å². The van der Waals surface area contributed by atoms with E-state index in [9.17, 15) is 4.79 Å². The predicted molar refractivity (Wildman–Crippen MR) is 108 cm³/mol. The molecule has 6 rings (SSSR count). The molecule has 0 aromatic carbocycles. The number of nitrogens with zero attached hydrogens (tertiary/aromatic N) is 7. The smallest absolute Gasteiger partial charge is 0.276 e. The summed E-state index contributed by atoms with van der Waals surface area (Å²) in [6, 6.07) is 7.12. The van der Waals surface area contributed by atoms with Gasteiger partial charge in [0.15, 0.2) is 5.82 Å². The lowest BCUT2D eigenvalue weighted by Gasteiger charge is -2.20. The van der Waals surface area contributed by atoms with E-state index in [1.807, 2.05) is 6.07 Å². The molecule has 9 nitrogen and oxygen atoms in total. The first-order valence-electron chi connectivity index (χ1n) is 9.67. The van der Waals surface area contributed by atoms with Gasteiger partial charge in [0.25, 0.3) is 5.56 Å². The number of pyridine rings is 2. The number of hydrogen-bond acceptors (Lipinski definition) is 8. The Morgan fingerprint density at radius 3 is 2.87 bits per heavy atom. The van der Waals surface area contributed by atoms with Crippen molar-refractivity contribution in [2.75, 3.05) is 18.0 Å². The molecular weight excluding hydrogens is 406 g/mol. The lowest BCUT2D eigenvalue weighted by molar-refractivity contribution is 0.358. The molecule has 0 amide bonds. The quantitative estimate of drug-likeness (QED) is 0.493. The largest absolute Gasteiger partial charge is 0.356 e. The maximum absolute atomic E-state index is 12.6. The molecule has 150 valence electrons. The van der Waals surface area contributed by atoms with Gasteiger partial charge in [0.2, 0.25) is 5.89 Å². The summed E-state index contributed by atoms with van der Waals surface area (Å²) in [5, 5.41) is 9.53. The second-order valence-corrected chi connectivity index (χ2v) is 8.12. The van der Waals surface area contributed by atoms with E-state index in [4.69, 9.17) is 16.1 Å². The Bertz CT molecular complexity index is 1310. The van der Waals surface area contributed by atoms with E-state index in [-0.39, 0.29) is 18.0 Å². The van der Waals surface area contributed by atoms with Crippen LogP contribution >= 0.6 is 11.6 Å². The van der Waals surface area contributed by atoms with Gasteiger partial charge in [-0.1, -0.05) is 16.8 Å². The van der Waals surface area contributed by atoms with Gasteiger partial charge in [-0.25, -0.2) is 9.67 Å². The number of piperidine rings is 1. The lowest BCUT2D eigenvalue weighted by atomic mass is 10.2. The first-order valence-corrected chi connectivity index (χ1v) is 10.0. The van der Waals surface area contributed by atoms with E-state index in [1.165, 1.54) is 4.68 Å². The van der Waals surface area contributed by atoms with Crippen LogP contribution in [-0.4, -0.2) is 43.0 Å². The molecule has 0 bridgehead atoms. The highest BCUT2D eigenvalue weighted by Gasteiger charge is 2.58. The van der Waals surface area contributed by atoms with Gasteiger partial charge >= 0.3 is 0 Å². The summed E-state index contributed by atoms with van der Waals surface area (Å²) in [5.74, 6) is 3.21. The van der Waals surface area contributed by atoms with Crippen LogP contribution in [0.2, 0.25) is 5.02 Å². The molecule has 5 heterocycles. The number of hydrogen-bond donors (Lipinski definition) is 0. The number of fused-ring (bicyclic) bond motifs is 2. The highest BCUT2D eigenvalue weighted by atomic mass is 35.5. The molecule has 0 radical (unpaired) electrons. The van der Waals surface area contributed by atoms with E-state index in [0.29, 0.717) is 39.5 Å². The average Bonchev–Trinajstić information content (AvgIpc) is 3.10. The Hall–Kier alpha value is -3.33. The fourth-order valence-electron chi connectivity index (χ4n) is 4.39. The van der Waals surface area contributed by atoms with Crippen molar-refractivity contribution in [1.29, 1.82) is 0 Å². The summed E-state index contributed by atoms with van der Waals surface area (Å²) >= 11 is 6.08. The molecule has 30 heavy (non-hydrogen) atoms. The molecule has 0 spiro atoms.